The number of halogens is 1. The number of hydrogen-bond donors (Lipinski definition) is 2. The lowest BCUT2D eigenvalue weighted by Crippen LogP contribution is -2.42. The van der Waals surface area contributed by atoms with Crippen LogP contribution in [-0.4, -0.2) is 34.9 Å². The first-order valence-electron chi connectivity index (χ1n) is 9.38. The molecule has 0 radical (unpaired) electrons. The fourth-order valence-electron chi connectivity index (χ4n) is 2.75. The molecule has 148 valence electrons. The Bertz CT molecular complexity index is 772. The van der Waals surface area contributed by atoms with Crippen molar-refractivity contribution in [2.45, 2.75) is 46.8 Å². The predicted molar refractivity (Wildman–Crippen MR) is 112 cm³/mol. The van der Waals surface area contributed by atoms with E-state index in [-0.39, 0.29) is 6.10 Å². The Morgan fingerprint density at radius 2 is 2.00 bits per heavy atom. The van der Waals surface area contributed by atoms with E-state index in [1.807, 2.05) is 42.9 Å². The van der Waals surface area contributed by atoms with Crippen molar-refractivity contribution in [3.05, 3.63) is 46.2 Å². The average Bonchev–Trinajstić information content (AvgIpc) is 2.89. The zero-order valence-electron chi connectivity index (χ0n) is 16.8. The number of guanidine groups is 1. The number of para-hydroxylation sites is 1. The fraction of sp³-hybridized carbons (Fsp3) is 0.500. The van der Waals surface area contributed by atoms with Crippen molar-refractivity contribution in [1.82, 2.24) is 20.4 Å². The van der Waals surface area contributed by atoms with Crippen LogP contribution < -0.4 is 15.4 Å². The Hall–Kier alpha value is -2.21. The van der Waals surface area contributed by atoms with E-state index in [2.05, 4.69) is 36.5 Å². The van der Waals surface area contributed by atoms with Crippen molar-refractivity contribution in [1.29, 1.82) is 0 Å². The summed E-state index contributed by atoms with van der Waals surface area (Å²) >= 11 is 6.20. The minimum Gasteiger partial charge on any atom is -0.487 e. The highest BCUT2D eigenvalue weighted by Gasteiger charge is 2.12. The van der Waals surface area contributed by atoms with Gasteiger partial charge in [0, 0.05) is 24.8 Å². The first-order valence-corrected chi connectivity index (χ1v) is 9.76. The molecule has 2 N–H and O–H groups in total. The fourth-order valence-corrected chi connectivity index (χ4v) is 2.93. The highest BCUT2D eigenvalue weighted by Crippen LogP contribution is 2.24. The summed E-state index contributed by atoms with van der Waals surface area (Å²) in [5, 5.41) is 11.7. The molecule has 0 saturated carbocycles. The summed E-state index contributed by atoms with van der Waals surface area (Å²) in [5.41, 5.74) is 3.32. The standard InChI is InChI=1S/C20H30ClN5O/c1-6-16(27-19-11-9-8-10-18(19)21)12-23-20(22-7-2)24-13-17-14(3)25-26(5)15(17)4/h8-11,16H,6-7,12-13H2,1-5H3,(H2,22,23,24). The van der Waals surface area contributed by atoms with E-state index in [4.69, 9.17) is 21.3 Å². The van der Waals surface area contributed by atoms with Crippen LogP contribution in [0.15, 0.2) is 29.3 Å². The molecule has 2 aromatic rings. The molecule has 0 amide bonds. The van der Waals surface area contributed by atoms with Crippen LogP contribution in [0.25, 0.3) is 0 Å². The topological polar surface area (TPSA) is 63.5 Å². The van der Waals surface area contributed by atoms with E-state index < -0.39 is 0 Å². The van der Waals surface area contributed by atoms with Crippen LogP contribution in [0.3, 0.4) is 0 Å². The van der Waals surface area contributed by atoms with Gasteiger partial charge in [-0.25, -0.2) is 4.99 Å². The summed E-state index contributed by atoms with van der Waals surface area (Å²) in [6.45, 7) is 10.2. The van der Waals surface area contributed by atoms with Gasteiger partial charge < -0.3 is 15.4 Å². The molecule has 0 fully saturated rings. The average molecular weight is 392 g/mol. The maximum absolute atomic E-state index is 6.20. The first kappa shape index (κ1) is 21.1. The van der Waals surface area contributed by atoms with Gasteiger partial charge in [0.15, 0.2) is 5.96 Å². The van der Waals surface area contributed by atoms with Gasteiger partial charge >= 0.3 is 0 Å². The Labute approximate surface area is 167 Å². The zero-order valence-corrected chi connectivity index (χ0v) is 17.6. The summed E-state index contributed by atoms with van der Waals surface area (Å²) in [6.07, 6.45) is 0.856. The Balaban J connectivity index is 2.00. The molecule has 0 aliphatic rings. The van der Waals surface area contributed by atoms with Crippen LogP contribution in [0.5, 0.6) is 5.75 Å². The number of rotatable bonds is 8. The van der Waals surface area contributed by atoms with Crippen LogP contribution in [0.2, 0.25) is 5.02 Å². The van der Waals surface area contributed by atoms with Crippen molar-refractivity contribution in [2.75, 3.05) is 13.1 Å². The second-order valence-electron chi connectivity index (χ2n) is 6.43. The van der Waals surface area contributed by atoms with Gasteiger partial charge in [0.05, 0.1) is 23.8 Å². The number of aromatic nitrogens is 2. The molecule has 1 heterocycles. The third-order valence-corrected chi connectivity index (χ3v) is 4.79. The minimum atomic E-state index is -0.00406. The maximum Gasteiger partial charge on any atom is 0.191 e. The van der Waals surface area contributed by atoms with Gasteiger partial charge in [-0.2, -0.15) is 5.10 Å². The number of ether oxygens (including phenoxy) is 1. The largest absolute Gasteiger partial charge is 0.487 e. The van der Waals surface area contributed by atoms with E-state index in [1.165, 1.54) is 0 Å². The number of benzene rings is 1. The molecule has 7 heteroatoms. The highest BCUT2D eigenvalue weighted by molar-refractivity contribution is 6.32. The van der Waals surface area contributed by atoms with E-state index in [0.29, 0.717) is 23.9 Å². The lowest BCUT2D eigenvalue weighted by molar-refractivity contribution is 0.199. The lowest BCUT2D eigenvalue weighted by Gasteiger charge is -2.20. The lowest BCUT2D eigenvalue weighted by atomic mass is 10.2. The van der Waals surface area contributed by atoms with Crippen LogP contribution in [0.4, 0.5) is 0 Å². The molecule has 2 rings (SSSR count). The third-order valence-electron chi connectivity index (χ3n) is 4.48. The molecule has 27 heavy (non-hydrogen) atoms. The highest BCUT2D eigenvalue weighted by atomic mass is 35.5. The van der Waals surface area contributed by atoms with Crippen LogP contribution >= 0.6 is 11.6 Å². The van der Waals surface area contributed by atoms with E-state index in [1.54, 1.807) is 0 Å². The third kappa shape index (κ3) is 5.89. The van der Waals surface area contributed by atoms with Gasteiger partial charge in [-0.15, -0.1) is 0 Å². The molecular formula is C20H30ClN5O. The molecule has 6 nitrogen and oxygen atoms in total. The normalized spacial score (nSPS) is 12.7. The van der Waals surface area contributed by atoms with Crippen molar-refractivity contribution < 1.29 is 4.74 Å². The Morgan fingerprint density at radius 1 is 1.26 bits per heavy atom. The summed E-state index contributed by atoms with van der Waals surface area (Å²) in [5.74, 6) is 1.47. The maximum atomic E-state index is 6.20. The van der Waals surface area contributed by atoms with Crippen molar-refractivity contribution in [3.8, 4) is 5.75 Å². The molecule has 1 aromatic heterocycles. The molecule has 0 spiro atoms. The van der Waals surface area contributed by atoms with Gasteiger partial charge in [-0.1, -0.05) is 30.7 Å². The van der Waals surface area contributed by atoms with Gasteiger partial charge in [-0.3, -0.25) is 4.68 Å². The molecule has 0 aliphatic heterocycles. The van der Waals surface area contributed by atoms with Crippen molar-refractivity contribution in [3.63, 3.8) is 0 Å². The van der Waals surface area contributed by atoms with Crippen LogP contribution in [0, 0.1) is 13.8 Å². The number of aryl methyl sites for hydroxylation is 2. The van der Waals surface area contributed by atoms with E-state index in [0.717, 1.165) is 35.9 Å². The van der Waals surface area contributed by atoms with Crippen molar-refractivity contribution in [2.24, 2.45) is 12.0 Å². The molecule has 1 unspecified atom stereocenters. The number of nitrogens with one attached hydrogen (secondary N) is 2. The smallest absolute Gasteiger partial charge is 0.191 e. The number of aliphatic imine (C=N–C) groups is 1. The number of nitrogens with zero attached hydrogens (tertiary/aromatic N) is 3. The second kappa shape index (κ2) is 10.2. The molecule has 0 aliphatic carbocycles. The van der Waals surface area contributed by atoms with Crippen molar-refractivity contribution >= 4 is 17.6 Å². The van der Waals surface area contributed by atoms with Crippen LogP contribution in [0.1, 0.15) is 37.2 Å². The van der Waals surface area contributed by atoms with Gasteiger partial charge in [-0.05, 0) is 39.3 Å². The molecule has 1 atom stereocenters. The Morgan fingerprint density at radius 3 is 2.59 bits per heavy atom. The molecule has 1 aromatic carbocycles. The van der Waals surface area contributed by atoms with E-state index in [9.17, 15) is 0 Å². The summed E-state index contributed by atoms with van der Waals surface area (Å²) < 4.78 is 7.93. The zero-order chi connectivity index (χ0) is 19.8. The van der Waals surface area contributed by atoms with Gasteiger partial charge in [0.2, 0.25) is 0 Å². The number of hydrogen-bond acceptors (Lipinski definition) is 3. The minimum absolute atomic E-state index is 0.00406. The summed E-state index contributed by atoms with van der Waals surface area (Å²) in [4.78, 5) is 4.71. The predicted octanol–water partition coefficient (Wildman–Crippen LogP) is 3.60. The monoisotopic (exact) mass is 391 g/mol. The molecular weight excluding hydrogens is 362 g/mol. The first-order chi connectivity index (χ1) is 13.0. The summed E-state index contributed by atoms with van der Waals surface area (Å²) in [6, 6.07) is 7.54. The Kier molecular flexibility index (Phi) is 7.98. The molecule has 0 bridgehead atoms. The van der Waals surface area contributed by atoms with Gasteiger partial charge in [0.1, 0.15) is 11.9 Å². The van der Waals surface area contributed by atoms with Gasteiger partial charge in [0.25, 0.3) is 0 Å². The SMILES string of the molecule is CCNC(=NCc1c(C)nn(C)c1C)NCC(CC)Oc1ccccc1Cl. The van der Waals surface area contributed by atoms with Crippen LogP contribution in [-0.2, 0) is 13.6 Å². The second-order valence-corrected chi connectivity index (χ2v) is 6.83. The van der Waals surface area contributed by atoms with E-state index >= 15 is 0 Å². The quantitative estimate of drug-likeness (QED) is 0.533. The molecule has 0 saturated heterocycles. The summed E-state index contributed by atoms with van der Waals surface area (Å²) in [7, 11) is 1.96.